The minimum absolute atomic E-state index is 0.00430. The summed E-state index contributed by atoms with van der Waals surface area (Å²) in [5.41, 5.74) is 0.0705. The molecule has 5 nitrogen and oxygen atoms in total. The Morgan fingerprint density at radius 1 is 1.56 bits per heavy atom. The van der Waals surface area contributed by atoms with E-state index in [4.69, 9.17) is 5.26 Å². The number of nitrogens with zero attached hydrogens (tertiary/aromatic N) is 1. The minimum Gasteiger partial charge on any atom is -0.388 e. The average Bonchev–Trinajstić information content (AvgIpc) is 2.34. The summed E-state index contributed by atoms with van der Waals surface area (Å²) in [6, 6.07) is 5.10. The zero-order valence-electron chi connectivity index (χ0n) is 9.72. The van der Waals surface area contributed by atoms with Crippen molar-refractivity contribution in [3.63, 3.8) is 0 Å². The van der Waals surface area contributed by atoms with Crippen LogP contribution in [0.2, 0.25) is 0 Å². The first-order valence-electron chi connectivity index (χ1n) is 5.25. The summed E-state index contributed by atoms with van der Waals surface area (Å²) in [7, 11) is 0. The normalized spacial score (nSPS) is 13.5. The van der Waals surface area contributed by atoms with Gasteiger partial charge in [-0.25, -0.2) is 4.39 Å². The standard InChI is InChI=1S/C12H13FN2O3/c1-7(16)15-6-11(17)12(18)10-4-9(13)3-2-8(10)5-14/h2-4,11-12,17-18H,6H2,1H3,(H,15,16). The van der Waals surface area contributed by atoms with Crippen LogP contribution >= 0.6 is 0 Å². The van der Waals surface area contributed by atoms with Crippen LogP contribution in [0, 0.1) is 17.1 Å². The number of benzene rings is 1. The predicted molar refractivity (Wildman–Crippen MR) is 60.8 cm³/mol. The van der Waals surface area contributed by atoms with Gasteiger partial charge in [0.05, 0.1) is 11.6 Å². The van der Waals surface area contributed by atoms with Crippen LogP contribution in [0.3, 0.4) is 0 Å². The maximum atomic E-state index is 13.0. The molecule has 2 atom stereocenters. The number of rotatable bonds is 4. The third-order valence-electron chi connectivity index (χ3n) is 2.38. The van der Waals surface area contributed by atoms with Crippen molar-refractivity contribution in [2.75, 3.05) is 6.54 Å². The molecular weight excluding hydrogens is 239 g/mol. The van der Waals surface area contributed by atoms with Crippen molar-refractivity contribution in [2.45, 2.75) is 19.1 Å². The lowest BCUT2D eigenvalue weighted by atomic mass is 9.99. The molecule has 1 amide bonds. The number of carbonyl (C=O) groups excluding carboxylic acids is 1. The van der Waals surface area contributed by atoms with E-state index in [9.17, 15) is 19.4 Å². The fourth-order valence-electron chi connectivity index (χ4n) is 1.45. The Hall–Kier alpha value is -1.97. The predicted octanol–water partition coefficient (Wildman–Crippen LogP) is 0.228. The van der Waals surface area contributed by atoms with Crippen LogP contribution in [0.1, 0.15) is 24.2 Å². The van der Waals surface area contributed by atoms with E-state index in [1.165, 1.54) is 13.0 Å². The molecule has 0 aliphatic rings. The number of hydrogen-bond donors (Lipinski definition) is 3. The lowest BCUT2D eigenvalue weighted by Crippen LogP contribution is -2.34. The smallest absolute Gasteiger partial charge is 0.216 e. The maximum Gasteiger partial charge on any atom is 0.216 e. The van der Waals surface area contributed by atoms with E-state index in [2.05, 4.69) is 5.32 Å². The van der Waals surface area contributed by atoms with Gasteiger partial charge in [0.15, 0.2) is 0 Å². The Morgan fingerprint density at radius 3 is 2.78 bits per heavy atom. The van der Waals surface area contributed by atoms with Gasteiger partial charge in [-0.05, 0) is 18.2 Å². The quantitative estimate of drug-likeness (QED) is 0.715. The van der Waals surface area contributed by atoms with Gasteiger partial charge in [0.1, 0.15) is 18.0 Å². The summed E-state index contributed by atoms with van der Waals surface area (Å²) >= 11 is 0. The maximum absolute atomic E-state index is 13.0. The van der Waals surface area contributed by atoms with E-state index in [0.29, 0.717) is 0 Å². The number of aliphatic hydroxyl groups excluding tert-OH is 2. The van der Waals surface area contributed by atoms with Gasteiger partial charge in [-0.3, -0.25) is 4.79 Å². The van der Waals surface area contributed by atoms with Gasteiger partial charge < -0.3 is 15.5 Å². The van der Waals surface area contributed by atoms with Crippen molar-refractivity contribution in [3.05, 3.63) is 35.1 Å². The molecule has 0 saturated carbocycles. The molecule has 0 aromatic heterocycles. The molecule has 2 unspecified atom stereocenters. The second-order valence-corrected chi connectivity index (χ2v) is 3.79. The molecule has 0 fully saturated rings. The van der Waals surface area contributed by atoms with E-state index in [0.717, 1.165) is 12.1 Å². The average molecular weight is 252 g/mol. The largest absolute Gasteiger partial charge is 0.388 e. The van der Waals surface area contributed by atoms with E-state index in [-0.39, 0.29) is 23.6 Å². The van der Waals surface area contributed by atoms with Crippen molar-refractivity contribution in [2.24, 2.45) is 0 Å². The topological polar surface area (TPSA) is 93.3 Å². The Labute approximate surface area is 103 Å². The van der Waals surface area contributed by atoms with Crippen molar-refractivity contribution in [3.8, 4) is 6.07 Å². The first-order valence-corrected chi connectivity index (χ1v) is 5.25. The summed E-state index contributed by atoms with van der Waals surface area (Å²) in [6.07, 6.45) is -2.76. The molecule has 1 rings (SSSR count). The number of amides is 1. The Morgan fingerprint density at radius 2 is 2.22 bits per heavy atom. The number of carbonyl (C=O) groups is 1. The van der Waals surface area contributed by atoms with Crippen LogP contribution in [0.25, 0.3) is 0 Å². The summed E-state index contributed by atoms with van der Waals surface area (Å²) in [5, 5.41) is 30.6. The van der Waals surface area contributed by atoms with E-state index < -0.39 is 18.0 Å². The highest BCUT2D eigenvalue weighted by Crippen LogP contribution is 2.21. The molecule has 18 heavy (non-hydrogen) atoms. The molecule has 0 aliphatic heterocycles. The Balaban J connectivity index is 2.89. The van der Waals surface area contributed by atoms with Gasteiger partial charge in [0.25, 0.3) is 0 Å². The van der Waals surface area contributed by atoms with Gasteiger partial charge >= 0.3 is 0 Å². The van der Waals surface area contributed by atoms with Crippen molar-refractivity contribution < 1.29 is 19.4 Å². The van der Waals surface area contributed by atoms with E-state index in [1.807, 2.05) is 0 Å². The van der Waals surface area contributed by atoms with Gasteiger partial charge in [-0.15, -0.1) is 0 Å². The fourth-order valence-corrected chi connectivity index (χ4v) is 1.45. The minimum atomic E-state index is -1.44. The summed E-state index contributed by atoms with van der Waals surface area (Å²) in [5.74, 6) is -0.976. The van der Waals surface area contributed by atoms with E-state index >= 15 is 0 Å². The molecule has 0 spiro atoms. The molecule has 96 valence electrons. The van der Waals surface area contributed by atoms with Gasteiger partial charge in [0, 0.05) is 19.0 Å². The molecule has 0 bridgehead atoms. The third kappa shape index (κ3) is 3.52. The number of hydrogen-bond acceptors (Lipinski definition) is 4. The van der Waals surface area contributed by atoms with Crippen molar-refractivity contribution in [1.29, 1.82) is 5.26 Å². The van der Waals surface area contributed by atoms with Crippen molar-refractivity contribution in [1.82, 2.24) is 5.32 Å². The zero-order chi connectivity index (χ0) is 13.7. The van der Waals surface area contributed by atoms with Crippen LogP contribution < -0.4 is 5.32 Å². The fraction of sp³-hybridized carbons (Fsp3) is 0.333. The van der Waals surface area contributed by atoms with Crippen LogP contribution in [-0.4, -0.2) is 28.8 Å². The molecular formula is C12H13FN2O3. The summed E-state index contributed by atoms with van der Waals surface area (Å²) in [4.78, 5) is 10.7. The molecule has 6 heteroatoms. The van der Waals surface area contributed by atoms with Gasteiger partial charge in [0.2, 0.25) is 5.91 Å². The first kappa shape index (κ1) is 14.1. The lowest BCUT2D eigenvalue weighted by molar-refractivity contribution is -0.119. The second kappa shape index (κ2) is 6.10. The second-order valence-electron chi connectivity index (χ2n) is 3.79. The molecule has 0 aliphatic carbocycles. The highest BCUT2D eigenvalue weighted by Gasteiger charge is 2.22. The number of halogens is 1. The molecule has 3 N–H and O–H groups in total. The molecule has 0 radical (unpaired) electrons. The Bertz CT molecular complexity index is 485. The third-order valence-corrected chi connectivity index (χ3v) is 2.38. The monoisotopic (exact) mass is 252 g/mol. The van der Waals surface area contributed by atoms with E-state index in [1.54, 1.807) is 6.07 Å². The van der Waals surface area contributed by atoms with Gasteiger partial charge in [-0.1, -0.05) is 0 Å². The van der Waals surface area contributed by atoms with Crippen LogP contribution in [0.15, 0.2) is 18.2 Å². The summed E-state index contributed by atoms with van der Waals surface area (Å²) < 4.78 is 13.0. The van der Waals surface area contributed by atoms with Crippen LogP contribution in [0.5, 0.6) is 0 Å². The Kier molecular flexibility index (Phi) is 4.77. The molecule has 1 aromatic rings. The number of nitrogens with one attached hydrogen (secondary N) is 1. The highest BCUT2D eigenvalue weighted by molar-refractivity contribution is 5.72. The highest BCUT2D eigenvalue weighted by atomic mass is 19.1. The number of nitriles is 1. The molecule has 0 saturated heterocycles. The molecule has 1 aromatic carbocycles. The van der Waals surface area contributed by atoms with Crippen LogP contribution in [-0.2, 0) is 4.79 Å². The summed E-state index contributed by atoms with van der Waals surface area (Å²) in [6.45, 7) is 1.08. The lowest BCUT2D eigenvalue weighted by Gasteiger charge is -2.19. The molecule has 0 heterocycles. The van der Waals surface area contributed by atoms with Crippen LogP contribution in [0.4, 0.5) is 4.39 Å². The van der Waals surface area contributed by atoms with Crippen molar-refractivity contribution >= 4 is 5.91 Å². The first-order chi connectivity index (χ1) is 8.45. The SMILES string of the molecule is CC(=O)NCC(O)C(O)c1cc(F)ccc1C#N. The zero-order valence-corrected chi connectivity index (χ0v) is 9.72. The number of aliphatic hydroxyl groups is 2. The van der Waals surface area contributed by atoms with Gasteiger partial charge in [-0.2, -0.15) is 5.26 Å².